The van der Waals surface area contributed by atoms with Crippen LogP contribution in [0.4, 0.5) is 0 Å². The van der Waals surface area contributed by atoms with Gasteiger partial charge in [0.25, 0.3) is 0 Å². The molecule has 0 bridgehead atoms. The monoisotopic (exact) mass is 261 g/mol. The molecule has 0 saturated carbocycles. The van der Waals surface area contributed by atoms with E-state index in [4.69, 9.17) is 16.3 Å². The van der Waals surface area contributed by atoms with E-state index in [1.165, 1.54) is 13.1 Å². The van der Waals surface area contributed by atoms with Crippen LogP contribution < -0.4 is 4.74 Å². The van der Waals surface area contributed by atoms with Crippen molar-refractivity contribution in [1.82, 2.24) is 4.98 Å². The maximum absolute atomic E-state index is 11.1. The van der Waals surface area contributed by atoms with E-state index in [1.807, 2.05) is 13.0 Å². The molecule has 18 heavy (non-hydrogen) atoms. The van der Waals surface area contributed by atoms with Crippen molar-refractivity contribution in [3.8, 4) is 11.6 Å². The standard InChI is InChI=1S/C14H12ClNO2/c1-9-3-5-12(15)7-13(9)18-14-6-4-11(8-16-14)10(2)17/h3-8H,1-2H3. The van der Waals surface area contributed by atoms with Crippen LogP contribution in [-0.4, -0.2) is 10.8 Å². The molecule has 1 heterocycles. The van der Waals surface area contributed by atoms with Crippen molar-refractivity contribution in [2.75, 3.05) is 0 Å². The van der Waals surface area contributed by atoms with E-state index in [-0.39, 0.29) is 5.78 Å². The minimum Gasteiger partial charge on any atom is -0.439 e. The molecule has 4 heteroatoms. The van der Waals surface area contributed by atoms with Gasteiger partial charge >= 0.3 is 0 Å². The fourth-order valence-corrected chi connectivity index (χ4v) is 1.61. The van der Waals surface area contributed by atoms with Crippen LogP contribution in [0.25, 0.3) is 0 Å². The number of Topliss-reactive ketones (excluding diaryl/α,β-unsaturated/α-hetero) is 1. The molecule has 1 aromatic heterocycles. The normalized spacial score (nSPS) is 10.2. The van der Waals surface area contributed by atoms with E-state index in [0.717, 1.165) is 5.56 Å². The Balaban J connectivity index is 2.23. The van der Waals surface area contributed by atoms with Crippen molar-refractivity contribution < 1.29 is 9.53 Å². The van der Waals surface area contributed by atoms with E-state index in [1.54, 1.807) is 24.3 Å². The summed E-state index contributed by atoms with van der Waals surface area (Å²) in [6, 6.07) is 8.76. The first kappa shape index (κ1) is 12.6. The highest BCUT2D eigenvalue weighted by Crippen LogP contribution is 2.26. The van der Waals surface area contributed by atoms with E-state index >= 15 is 0 Å². The van der Waals surface area contributed by atoms with Crippen LogP contribution in [0.1, 0.15) is 22.8 Å². The third kappa shape index (κ3) is 2.87. The van der Waals surface area contributed by atoms with Crippen molar-refractivity contribution in [3.05, 3.63) is 52.7 Å². The zero-order valence-corrected chi connectivity index (χ0v) is 10.9. The second-order valence-electron chi connectivity index (χ2n) is 3.95. The molecule has 0 saturated heterocycles. The zero-order chi connectivity index (χ0) is 13.1. The summed E-state index contributed by atoms with van der Waals surface area (Å²) in [4.78, 5) is 15.2. The SMILES string of the molecule is CC(=O)c1ccc(Oc2cc(Cl)ccc2C)nc1. The smallest absolute Gasteiger partial charge is 0.219 e. The average Bonchev–Trinajstić information content (AvgIpc) is 2.34. The van der Waals surface area contributed by atoms with Gasteiger partial charge in [-0.25, -0.2) is 4.98 Å². The van der Waals surface area contributed by atoms with Gasteiger partial charge in [-0.1, -0.05) is 17.7 Å². The molecule has 0 atom stereocenters. The number of carbonyl (C=O) groups excluding carboxylic acids is 1. The van der Waals surface area contributed by atoms with E-state index in [0.29, 0.717) is 22.2 Å². The molecule has 2 rings (SSSR count). The molecule has 0 aliphatic rings. The maximum atomic E-state index is 11.1. The third-order valence-electron chi connectivity index (χ3n) is 2.51. The number of ketones is 1. The Morgan fingerprint density at radius 2 is 2.06 bits per heavy atom. The van der Waals surface area contributed by atoms with Gasteiger partial charge in [0.15, 0.2) is 5.78 Å². The molecule has 1 aromatic carbocycles. The Morgan fingerprint density at radius 1 is 1.28 bits per heavy atom. The fourth-order valence-electron chi connectivity index (χ4n) is 1.45. The summed E-state index contributed by atoms with van der Waals surface area (Å²) < 4.78 is 5.62. The van der Waals surface area contributed by atoms with Crippen LogP contribution in [0.3, 0.4) is 0 Å². The quantitative estimate of drug-likeness (QED) is 0.783. The molecule has 0 unspecified atom stereocenters. The van der Waals surface area contributed by atoms with Gasteiger partial charge in [-0.05, 0) is 37.6 Å². The molecule has 0 aliphatic heterocycles. The molecule has 0 amide bonds. The molecule has 2 aromatic rings. The second kappa shape index (κ2) is 5.19. The van der Waals surface area contributed by atoms with E-state index < -0.39 is 0 Å². The number of halogens is 1. The van der Waals surface area contributed by atoms with Crippen molar-refractivity contribution in [3.63, 3.8) is 0 Å². The van der Waals surface area contributed by atoms with Gasteiger partial charge < -0.3 is 4.74 Å². The number of aryl methyl sites for hydroxylation is 1. The molecule has 0 N–H and O–H groups in total. The molecular weight excluding hydrogens is 250 g/mol. The van der Waals surface area contributed by atoms with Gasteiger partial charge in [-0.15, -0.1) is 0 Å². The number of rotatable bonds is 3. The summed E-state index contributed by atoms with van der Waals surface area (Å²) in [6.45, 7) is 3.42. The average molecular weight is 262 g/mol. The number of pyridine rings is 1. The molecule has 0 radical (unpaired) electrons. The number of hydrogen-bond acceptors (Lipinski definition) is 3. The zero-order valence-electron chi connectivity index (χ0n) is 10.1. The first-order chi connectivity index (χ1) is 8.56. The Bertz CT molecular complexity index is 579. The number of aromatic nitrogens is 1. The largest absolute Gasteiger partial charge is 0.439 e. The molecule has 92 valence electrons. The Kier molecular flexibility index (Phi) is 3.63. The number of ether oxygens (including phenoxy) is 1. The summed E-state index contributed by atoms with van der Waals surface area (Å²) in [6.07, 6.45) is 1.50. The predicted molar refractivity (Wildman–Crippen MR) is 70.5 cm³/mol. The van der Waals surface area contributed by atoms with Crippen LogP contribution in [0.5, 0.6) is 11.6 Å². The lowest BCUT2D eigenvalue weighted by atomic mass is 10.2. The molecular formula is C14H12ClNO2. The third-order valence-corrected chi connectivity index (χ3v) is 2.74. The van der Waals surface area contributed by atoms with Crippen LogP contribution in [0.15, 0.2) is 36.5 Å². The lowest BCUT2D eigenvalue weighted by molar-refractivity contribution is 0.101. The first-order valence-corrected chi connectivity index (χ1v) is 5.85. The maximum Gasteiger partial charge on any atom is 0.219 e. The lowest BCUT2D eigenvalue weighted by Gasteiger charge is -2.08. The van der Waals surface area contributed by atoms with Crippen molar-refractivity contribution in [2.45, 2.75) is 13.8 Å². The summed E-state index contributed by atoms with van der Waals surface area (Å²) in [5, 5.41) is 0.607. The van der Waals surface area contributed by atoms with Gasteiger partial charge in [0.05, 0.1) is 0 Å². The Hall–Kier alpha value is -1.87. The lowest BCUT2D eigenvalue weighted by Crippen LogP contribution is -1.95. The fraction of sp³-hybridized carbons (Fsp3) is 0.143. The highest BCUT2D eigenvalue weighted by Gasteiger charge is 2.05. The minimum atomic E-state index is -0.0204. The molecule has 3 nitrogen and oxygen atoms in total. The Morgan fingerprint density at radius 3 is 2.67 bits per heavy atom. The number of hydrogen-bond donors (Lipinski definition) is 0. The van der Waals surface area contributed by atoms with Gasteiger partial charge in [-0.2, -0.15) is 0 Å². The summed E-state index contributed by atoms with van der Waals surface area (Å²) in [5.74, 6) is 1.07. The summed E-state index contributed by atoms with van der Waals surface area (Å²) in [7, 11) is 0. The van der Waals surface area contributed by atoms with Gasteiger partial charge in [-0.3, -0.25) is 4.79 Å². The molecule has 0 fully saturated rings. The van der Waals surface area contributed by atoms with Crippen LogP contribution >= 0.6 is 11.6 Å². The van der Waals surface area contributed by atoms with Crippen LogP contribution in [-0.2, 0) is 0 Å². The van der Waals surface area contributed by atoms with E-state index in [9.17, 15) is 4.79 Å². The second-order valence-corrected chi connectivity index (χ2v) is 4.39. The van der Waals surface area contributed by atoms with Crippen molar-refractivity contribution >= 4 is 17.4 Å². The topological polar surface area (TPSA) is 39.2 Å². The molecule has 0 spiro atoms. The van der Waals surface area contributed by atoms with Gasteiger partial charge in [0.2, 0.25) is 5.88 Å². The van der Waals surface area contributed by atoms with Gasteiger partial charge in [0.1, 0.15) is 5.75 Å². The van der Waals surface area contributed by atoms with Crippen molar-refractivity contribution in [1.29, 1.82) is 0 Å². The number of carbonyl (C=O) groups is 1. The van der Waals surface area contributed by atoms with Crippen LogP contribution in [0.2, 0.25) is 5.02 Å². The van der Waals surface area contributed by atoms with Crippen LogP contribution in [0, 0.1) is 6.92 Å². The van der Waals surface area contributed by atoms with Crippen molar-refractivity contribution in [2.24, 2.45) is 0 Å². The van der Waals surface area contributed by atoms with Gasteiger partial charge in [0, 0.05) is 22.8 Å². The number of benzene rings is 1. The minimum absolute atomic E-state index is 0.0204. The molecule has 0 aliphatic carbocycles. The highest BCUT2D eigenvalue weighted by atomic mass is 35.5. The Labute approximate surface area is 110 Å². The summed E-state index contributed by atoms with van der Waals surface area (Å²) in [5.41, 5.74) is 1.53. The predicted octanol–water partition coefficient (Wildman–Crippen LogP) is 4.04. The van der Waals surface area contributed by atoms with E-state index in [2.05, 4.69) is 4.98 Å². The first-order valence-electron chi connectivity index (χ1n) is 5.47. The highest BCUT2D eigenvalue weighted by molar-refractivity contribution is 6.30. The number of nitrogens with zero attached hydrogens (tertiary/aromatic N) is 1. The summed E-state index contributed by atoms with van der Waals surface area (Å²) >= 11 is 5.90.